The predicted octanol–water partition coefficient (Wildman–Crippen LogP) is 4.81. The number of carboxylic acids is 1. The highest BCUT2D eigenvalue weighted by molar-refractivity contribution is 7.21. The zero-order valence-corrected chi connectivity index (χ0v) is 13.7. The second kappa shape index (κ2) is 6.02. The largest absolute Gasteiger partial charge is 0.478 e. The summed E-state index contributed by atoms with van der Waals surface area (Å²) >= 11 is 7.64. The van der Waals surface area contributed by atoms with Crippen LogP contribution < -0.4 is 5.32 Å². The molecule has 0 radical (unpaired) electrons. The summed E-state index contributed by atoms with van der Waals surface area (Å²) in [6, 6.07) is 11.8. The Bertz CT molecular complexity index is 915. The van der Waals surface area contributed by atoms with Crippen LogP contribution in [-0.2, 0) is 0 Å². The Hall–Kier alpha value is -2.37. The molecule has 1 aromatic heterocycles. The van der Waals surface area contributed by atoms with Crippen molar-refractivity contribution in [2.24, 2.45) is 0 Å². The number of anilines is 1. The molecule has 23 heavy (non-hydrogen) atoms. The third-order valence-electron chi connectivity index (χ3n) is 3.38. The minimum absolute atomic E-state index is 0.165. The number of amides is 1. The Morgan fingerprint density at radius 1 is 1.13 bits per heavy atom. The molecule has 0 spiro atoms. The van der Waals surface area contributed by atoms with Gasteiger partial charge < -0.3 is 10.4 Å². The van der Waals surface area contributed by atoms with E-state index >= 15 is 0 Å². The molecule has 0 fully saturated rings. The Morgan fingerprint density at radius 2 is 1.83 bits per heavy atom. The molecule has 2 aromatic carbocycles. The maximum atomic E-state index is 12.4. The Morgan fingerprint density at radius 3 is 2.48 bits per heavy atom. The summed E-state index contributed by atoms with van der Waals surface area (Å²) in [5, 5.41) is 12.9. The van der Waals surface area contributed by atoms with Gasteiger partial charge in [0.15, 0.2) is 0 Å². The molecule has 0 unspecified atom stereocenters. The molecule has 116 valence electrons. The molecule has 2 N–H and O–H groups in total. The lowest BCUT2D eigenvalue weighted by Gasteiger charge is -2.04. The van der Waals surface area contributed by atoms with Gasteiger partial charge in [-0.1, -0.05) is 23.7 Å². The molecule has 3 rings (SSSR count). The predicted molar refractivity (Wildman–Crippen MR) is 92.9 cm³/mol. The standard InChI is InChI=1S/C17H12ClNO3S/c1-9-2-7-12-13(8-9)23-15(14(12)18)16(20)19-11-5-3-10(4-6-11)17(21)22/h2-8H,1H3,(H,19,20)(H,21,22). The summed E-state index contributed by atoms with van der Waals surface area (Å²) in [7, 11) is 0. The lowest BCUT2D eigenvalue weighted by molar-refractivity contribution is 0.0696. The number of nitrogens with one attached hydrogen (secondary N) is 1. The lowest BCUT2D eigenvalue weighted by atomic mass is 10.2. The summed E-state index contributed by atoms with van der Waals surface area (Å²) in [6.45, 7) is 1.98. The number of benzene rings is 2. The van der Waals surface area contributed by atoms with Gasteiger partial charge in [0, 0.05) is 15.8 Å². The third kappa shape index (κ3) is 3.06. The van der Waals surface area contributed by atoms with E-state index in [0.717, 1.165) is 15.6 Å². The highest BCUT2D eigenvalue weighted by atomic mass is 35.5. The lowest BCUT2D eigenvalue weighted by Crippen LogP contribution is -2.10. The van der Waals surface area contributed by atoms with Gasteiger partial charge in [-0.05, 0) is 42.8 Å². The first-order chi connectivity index (χ1) is 11.0. The van der Waals surface area contributed by atoms with Crippen molar-refractivity contribution in [3.63, 3.8) is 0 Å². The molecule has 0 bridgehead atoms. The summed E-state index contributed by atoms with van der Waals surface area (Å²) in [4.78, 5) is 23.7. The van der Waals surface area contributed by atoms with Crippen molar-refractivity contribution in [3.8, 4) is 0 Å². The molecule has 0 saturated heterocycles. The van der Waals surface area contributed by atoms with E-state index < -0.39 is 5.97 Å². The maximum Gasteiger partial charge on any atom is 0.335 e. The monoisotopic (exact) mass is 345 g/mol. The second-order valence-electron chi connectivity index (χ2n) is 5.08. The average Bonchev–Trinajstić information content (AvgIpc) is 2.84. The van der Waals surface area contributed by atoms with E-state index in [9.17, 15) is 9.59 Å². The van der Waals surface area contributed by atoms with Gasteiger partial charge in [-0.25, -0.2) is 4.79 Å². The molecule has 0 saturated carbocycles. The highest BCUT2D eigenvalue weighted by Crippen LogP contribution is 2.36. The number of aryl methyl sites for hydroxylation is 1. The van der Waals surface area contributed by atoms with Crippen molar-refractivity contribution in [1.29, 1.82) is 0 Å². The normalized spacial score (nSPS) is 10.7. The van der Waals surface area contributed by atoms with Crippen LogP contribution in [0.4, 0.5) is 5.69 Å². The minimum atomic E-state index is -1.01. The molecular formula is C17H12ClNO3S. The molecule has 6 heteroatoms. The van der Waals surface area contributed by atoms with Crippen molar-refractivity contribution >= 4 is 50.6 Å². The van der Waals surface area contributed by atoms with Gasteiger partial charge in [-0.15, -0.1) is 11.3 Å². The van der Waals surface area contributed by atoms with E-state index in [-0.39, 0.29) is 11.5 Å². The van der Waals surface area contributed by atoms with Gasteiger partial charge in [0.2, 0.25) is 0 Å². The van der Waals surface area contributed by atoms with Gasteiger partial charge in [-0.2, -0.15) is 0 Å². The molecular weight excluding hydrogens is 334 g/mol. The van der Waals surface area contributed by atoms with Crippen molar-refractivity contribution < 1.29 is 14.7 Å². The number of rotatable bonds is 3. The van der Waals surface area contributed by atoms with Crippen LogP contribution in [0.5, 0.6) is 0 Å². The van der Waals surface area contributed by atoms with Gasteiger partial charge in [0.05, 0.1) is 10.6 Å². The summed E-state index contributed by atoms with van der Waals surface area (Å²) in [5.41, 5.74) is 1.79. The first kappa shape index (κ1) is 15.5. The summed E-state index contributed by atoms with van der Waals surface area (Å²) < 4.78 is 0.960. The van der Waals surface area contributed by atoms with Crippen LogP contribution in [-0.4, -0.2) is 17.0 Å². The SMILES string of the molecule is Cc1ccc2c(Cl)c(C(=O)Nc3ccc(C(=O)O)cc3)sc2c1. The van der Waals surface area contributed by atoms with Crippen molar-refractivity contribution in [2.45, 2.75) is 6.92 Å². The Balaban J connectivity index is 1.88. The highest BCUT2D eigenvalue weighted by Gasteiger charge is 2.17. The molecule has 0 aliphatic carbocycles. The number of hydrogen-bond acceptors (Lipinski definition) is 3. The molecule has 1 heterocycles. The molecule has 0 aliphatic rings. The fraction of sp³-hybridized carbons (Fsp3) is 0.0588. The van der Waals surface area contributed by atoms with Gasteiger partial charge in [0.25, 0.3) is 5.91 Å². The fourth-order valence-corrected chi connectivity index (χ4v) is 3.71. The summed E-state index contributed by atoms with van der Waals surface area (Å²) in [6.07, 6.45) is 0. The average molecular weight is 346 g/mol. The van der Waals surface area contributed by atoms with Crippen LogP contribution in [0.2, 0.25) is 5.02 Å². The molecule has 4 nitrogen and oxygen atoms in total. The number of thiophene rings is 1. The van der Waals surface area contributed by atoms with E-state index in [1.54, 1.807) is 12.1 Å². The number of carbonyl (C=O) groups is 2. The number of fused-ring (bicyclic) bond motifs is 1. The maximum absolute atomic E-state index is 12.4. The Kier molecular flexibility index (Phi) is 4.07. The quantitative estimate of drug-likeness (QED) is 0.715. The third-order valence-corrected chi connectivity index (χ3v) is 5.04. The molecule has 0 atom stereocenters. The number of hydrogen-bond donors (Lipinski definition) is 2. The fourth-order valence-electron chi connectivity index (χ4n) is 2.20. The van der Waals surface area contributed by atoms with Crippen LogP contribution in [0.3, 0.4) is 0 Å². The van der Waals surface area contributed by atoms with Gasteiger partial charge in [0.1, 0.15) is 4.88 Å². The number of carbonyl (C=O) groups excluding carboxylic acids is 1. The zero-order valence-electron chi connectivity index (χ0n) is 12.1. The number of aromatic carboxylic acids is 1. The number of halogens is 1. The van der Waals surface area contributed by atoms with Crippen molar-refractivity contribution in [3.05, 3.63) is 63.5 Å². The van der Waals surface area contributed by atoms with E-state index in [4.69, 9.17) is 16.7 Å². The van der Waals surface area contributed by atoms with Crippen molar-refractivity contribution in [2.75, 3.05) is 5.32 Å². The van der Waals surface area contributed by atoms with Gasteiger partial charge in [-0.3, -0.25) is 4.79 Å². The van der Waals surface area contributed by atoms with Gasteiger partial charge >= 0.3 is 5.97 Å². The number of carboxylic acid groups (broad SMARTS) is 1. The van der Waals surface area contributed by atoms with E-state index in [1.165, 1.54) is 23.5 Å². The first-order valence-electron chi connectivity index (χ1n) is 6.79. The van der Waals surface area contributed by atoms with Crippen LogP contribution >= 0.6 is 22.9 Å². The van der Waals surface area contributed by atoms with Crippen molar-refractivity contribution in [1.82, 2.24) is 0 Å². The second-order valence-corrected chi connectivity index (χ2v) is 6.51. The minimum Gasteiger partial charge on any atom is -0.478 e. The first-order valence-corrected chi connectivity index (χ1v) is 7.98. The Labute approximate surface area is 141 Å². The smallest absolute Gasteiger partial charge is 0.335 e. The topological polar surface area (TPSA) is 66.4 Å². The van der Waals surface area contributed by atoms with Crippen LogP contribution in [0, 0.1) is 6.92 Å². The van der Waals surface area contributed by atoms with E-state index in [2.05, 4.69) is 5.32 Å². The zero-order chi connectivity index (χ0) is 16.6. The van der Waals surface area contributed by atoms with E-state index in [1.807, 2.05) is 25.1 Å². The molecule has 3 aromatic rings. The summed E-state index contributed by atoms with van der Waals surface area (Å²) in [5.74, 6) is -1.32. The van der Waals surface area contributed by atoms with E-state index in [0.29, 0.717) is 15.6 Å². The van der Waals surface area contributed by atoms with Crippen LogP contribution in [0.25, 0.3) is 10.1 Å². The van der Waals surface area contributed by atoms with Crippen LogP contribution in [0.1, 0.15) is 25.6 Å². The van der Waals surface area contributed by atoms with Crippen LogP contribution in [0.15, 0.2) is 42.5 Å². The molecule has 0 aliphatic heterocycles. The molecule has 1 amide bonds.